The molecular weight excluding hydrogens is 496 g/mol. The fourth-order valence-corrected chi connectivity index (χ4v) is 4.19. The van der Waals surface area contributed by atoms with E-state index in [0.29, 0.717) is 18.9 Å². The highest BCUT2D eigenvalue weighted by Crippen LogP contribution is 2.35. The molecule has 0 saturated carbocycles. The molecule has 0 amide bonds. The van der Waals surface area contributed by atoms with Gasteiger partial charge in [0.25, 0.3) is 0 Å². The van der Waals surface area contributed by atoms with Crippen molar-refractivity contribution in [3.05, 3.63) is 91.1 Å². The molecule has 140 valence electrons. The van der Waals surface area contributed by atoms with Gasteiger partial charge in [-0.05, 0) is 91.9 Å². The van der Waals surface area contributed by atoms with E-state index < -0.39 is 0 Å². The molecule has 27 heavy (non-hydrogen) atoms. The van der Waals surface area contributed by atoms with Gasteiger partial charge in [-0.25, -0.2) is 4.39 Å². The number of hydrogen-bond acceptors (Lipinski definition) is 2. The smallest absolute Gasteiger partial charge is 0.148 e. The van der Waals surface area contributed by atoms with Crippen molar-refractivity contribution in [3.63, 3.8) is 0 Å². The Bertz CT molecular complexity index is 924. The zero-order chi connectivity index (χ0) is 19.4. The Balaban J connectivity index is 1.66. The summed E-state index contributed by atoms with van der Waals surface area (Å²) in [6, 6.07) is 16.2. The largest absolute Gasteiger partial charge is 0.487 e. The Hall–Kier alpha value is -1.56. The molecule has 0 saturated heterocycles. The minimum Gasteiger partial charge on any atom is -0.487 e. The molecule has 3 aromatic carbocycles. The molecule has 0 heterocycles. The highest BCUT2D eigenvalue weighted by Gasteiger charge is 2.10. The molecule has 1 N–H and O–H groups in total. The molecule has 0 atom stereocenters. The Morgan fingerprint density at radius 3 is 2.26 bits per heavy atom. The van der Waals surface area contributed by atoms with E-state index in [9.17, 15) is 4.39 Å². The maximum atomic E-state index is 13.0. The predicted molar refractivity (Wildman–Crippen MR) is 116 cm³/mol. The zero-order valence-electron chi connectivity index (χ0n) is 14.5. The van der Waals surface area contributed by atoms with E-state index in [4.69, 9.17) is 16.3 Å². The van der Waals surface area contributed by atoms with Gasteiger partial charge in [0.15, 0.2) is 0 Å². The zero-order valence-corrected chi connectivity index (χ0v) is 18.5. The first-order valence-electron chi connectivity index (χ1n) is 8.27. The first-order chi connectivity index (χ1) is 12.9. The Morgan fingerprint density at radius 2 is 1.63 bits per heavy atom. The average Bonchev–Trinajstić information content (AvgIpc) is 2.63. The first-order valence-corrected chi connectivity index (χ1v) is 10.2. The van der Waals surface area contributed by atoms with Gasteiger partial charge in [0.2, 0.25) is 0 Å². The molecule has 0 unspecified atom stereocenters. The molecule has 3 rings (SSSR count). The van der Waals surface area contributed by atoms with E-state index in [2.05, 4.69) is 37.2 Å². The quantitative estimate of drug-likeness (QED) is 0.368. The lowest BCUT2D eigenvalue weighted by Gasteiger charge is -2.14. The van der Waals surface area contributed by atoms with E-state index in [1.807, 2.05) is 37.3 Å². The highest BCUT2D eigenvalue weighted by atomic mass is 79.9. The third-order valence-corrected chi connectivity index (χ3v) is 5.61. The molecule has 0 bridgehead atoms. The van der Waals surface area contributed by atoms with Crippen LogP contribution in [0.1, 0.15) is 16.7 Å². The lowest BCUT2D eigenvalue weighted by molar-refractivity contribution is 0.302. The number of benzene rings is 3. The van der Waals surface area contributed by atoms with Crippen LogP contribution in [0.15, 0.2) is 63.5 Å². The standard InChI is InChI=1S/C21H17Br2ClFNO/c1-13-2-7-17(10-20(13)24)26-11-15-8-18(22)21(19(23)9-15)27-12-14-3-5-16(25)6-4-14/h2-10,26H,11-12H2,1H3. The third-order valence-electron chi connectivity index (χ3n) is 4.02. The van der Waals surface area contributed by atoms with Crippen LogP contribution in [0, 0.1) is 12.7 Å². The monoisotopic (exact) mass is 511 g/mol. The van der Waals surface area contributed by atoms with Crippen molar-refractivity contribution >= 4 is 49.1 Å². The molecular formula is C21H17Br2ClFNO. The summed E-state index contributed by atoms with van der Waals surface area (Å²) in [5.41, 5.74) is 4.00. The van der Waals surface area contributed by atoms with Gasteiger partial charge in [-0.15, -0.1) is 0 Å². The van der Waals surface area contributed by atoms with E-state index in [-0.39, 0.29) is 5.82 Å². The fraction of sp³-hybridized carbons (Fsp3) is 0.143. The highest BCUT2D eigenvalue weighted by molar-refractivity contribution is 9.11. The van der Waals surface area contributed by atoms with Crippen LogP contribution in [0.25, 0.3) is 0 Å². The van der Waals surface area contributed by atoms with Gasteiger partial charge in [0, 0.05) is 17.3 Å². The summed E-state index contributed by atoms with van der Waals surface area (Å²) in [4.78, 5) is 0. The maximum absolute atomic E-state index is 13.0. The summed E-state index contributed by atoms with van der Waals surface area (Å²) in [5.74, 6) is 0.453. The van der Waals surface area contributed by atoms with Gasteiger partial charge in [-0.3, -0.25) is 0 Å². The van der Waals surface area contributed by atoms with Gasteiger partial charge in [-0.2, -0.15) is 0 Å². The van der Waals surface area contributed by atoms with Gasteiger partial charge in [-0.1, -0.05) is 29.8 Å². The number of rotatable bonds is 6. The lowest BCUT2D eigenvalue weighted by atomic mass is 10.2. The van der Waals surface area contributed by atoms with Crippen molar-refractivity contribution in [1.82, 2.24) is 0 Å². The topological polar surface area (TPSA) is 21.3 Å². The molecule has 0 aliphatic carbocycles. The molecule has 0 spiro atoms. The van der Waals surface area contributed by atoms with Crippen molar-refractivity contribution in [3.8, 4) is 5.75 Å². The van der Waals surface area contributed by atoms with Crippen molar-refractivity contribution in [1.29, 1.82) is 0 Å². The number of ether oxygens (including phenoxy) is 1. The van der Waals surface area contributed by atoms with Crippen LogP contribution in [-0.4, -0.2) is 0 Å². The molecule has 0 aliphatic rings. The van der Waals surface area contributed by atoms with E-state index in [0.717, 1.165) is 36.3 Å². The Kier molecular flexibility index (Phi) is 6.79. The second kappa shape index (κ2) is 9.09. The van der Waals surface area contributed by atoms with Crippen LogP contribution in [0.4, 0.5) is 10.1 Å². The number of aryl methyl sites for hydroxylation is 1. The third kappa shape index (κ3) is 5.47. The SMILES string of the molecule is Cc1ccc(NCc2cc(Br)c(OCc3ccc(F)cc3)c(Br)c2)cc1Cl. The van der Waals surface area contributed by atoms with E-state index in [1.54, 1.807) is 12.1 Å². The number of nitrogens with one attached hydrogen (secondary N) is 1. The van der Waals surface area contributed by atoms with Gasteiger partial charge >= 0.3 is 0 Å². The normalized spacial score (nSPS) is 10.7. The van der Waals surface area contributed by atoms with E-state index >= 15 is 0 Å². The number of anilines is 1. The molecule has 6 heteroatoms. The minimum absolute atomic E-state index is 0.257. The van der Waals surface area contributed by atoms with Crippen LogP contribution >= 0.6 is 43.5 Å². The van der Waals surface area contributed by atoms with Crippen molar-refractivity contribution < 1.29 is 9.13 Å². The predicted octanol–water partition coefficient (Wildman–Crippen LogP) is 7.50. The summed E-state index contributed by atoms with van der Waals surface area (Å²) in [7, 11) is 0. The van der Waals surface area contributed by atoms with E-state index in [1.165, 1.54) is 12.1 Å². The summed E-state index contributed by atoms with van der Waals surface area (Å²) >= 11 is 13.3. The second-order valence-electron chi connectivity index (χ2n) is 6.12. The lowest BCUT2D eigenvalue weighted by Crippen LogP contribution is -2.02. The Labute approximate surface area is 180 Å². The van der Waals surface area contributed by atoms with Gasteiger partial charge < -0.3 is 10.1 Å². The van der Waals surface area contributed by atoms with Crippen molar-refractivity contribution in [2.24, 2.45) is 0 Å². The molecule has 0 aliphatic heterocycles. The second-order valence-corrected chi connectivity index (χ2v) is 8.24. The number of halogens is 4. The summed E-state index contributed by atoms with van der Waals surface area (Å²) < 4.78 is 20.6. The Morgan fingerprint density at radius 1 is 0.963 bits per heavy atom. The van der Waals surface area contributed by atoms with Crippen LogP contribution in [0.2, 0.25) is 5.02 Å². The molecule has 0 radical (unpaired) electrons. The fourth-order valence-electron chi connectivity index (χ4n) is 2.50. The van der Waals surface area contributed by atoms with Gasteiger partial charge in [0.05, 0.1) is 8.95 Å². The van der Waals surface area contributed by atoms with Crippen LogP contribution in [-0.2, 0) is 13.2 Å². The number of hydrogen-bond donors (Lipinski definition) is 1. The minimum atomic E-state index is -0.257. The summed E-state index contributed by atoms with van der Waals surface area (Å²) in [6.45, 7) is 2.98. The van der Waals surface area contributed by atoms with Gasteiger partial charge in [0.1, 0.15) is 18.2 Å². The molecule has 0 aromatic heterocycles. The molecule has 2 nitrogen and oxygen atoms in total. The van der Waals surface area contributed by atoms with Crippen LogP contribution < -0.4 is 10.1 Å². The van der Waals surface area contributed by atoms with Crippen LogP contribution in [0.3, 0.4) is 0 Å². The summed E-state index contributed by atoms with van der Waals surface area (Å²) in [5, 5.41) is 4.11. The molecule has 0 fully saturated rings. The molecule has 3 aromatic rings. The van der Waals surface area contributed by atoms with Crippen LogP contribution in [0.5, 0.6) is 5.75 Å². The average molecular weight is 514 g/mol. The first kappa shape index (κ1) is 20.2. The summed E-state index contributed by atoms with van der Waals surface area (Å²) in [6.07, 6.45) is 0. The van der Waals surface area contributed by atoms with Crippen molar-refractivity contribution in [2.45, 2.75) is 20.1 Å². The van der Waals surface area contributed by atoms with Crippen molar-refractivity contribution in [2.75, 3.05) is 5.32 Å². The maximum Gasteiger partial charge on any atom is 0.148 e.